The topological polar surface area (TPSA) is 96.0 Å². The standard InChI is InChI=1S/C18H14Cl2N4O3/c1-18(21-23-24-22-18)14-9-13(5-3-12(14)4-7-17(25)26)27-10-11-2-6-15(19)16(20)8-11/h2-9H,10H2,1H3,(H,25,26)/b7-4+. The average molecular weight is 405 g/mol. The van der Waals surface area contributed by atoms with Crippen LogP contribution in [0.2, 0.25) is 10.0 Å². The van der Waals surface area contributed by atoms with Crippen LogP contribution in [0.1, 0.15) is 23.6 Å². The minimum atomic E-state index is -1.05. The van der Waals surface area contributed by atoms with Gasteiger partial charge in [0.2, 0.25) is 5.66 Å². The fourth-order valence-electron chi connectivity index (χ4n) is 2.48. The third-order valence-corrected chi connectivity index (χ3v) is 4.59. The number of hydrogen-bond donors (Lipinski definition) is 1. The molecule has 0 amide bonds. The van der Waals surface area contributed by atoms with Crippen molar-refractivity contribution in [3.8, 4) is 5.75 Å². The van der Waals surface area contributed by atoms with Crippen LogP contribution in [0.3, 0.4) is 0 Å². The maximum absolute atomic E-state index is 10.8. The Hall–Kier alpha value is -2.77. The first-order chi connectivity index (χ1) is 12.9. The predicted octanol–water partition coefficient (Wildman–Crippen LogP) is 5.68. The third-order valence-electron chi connectivity index (χ3n) is 3.85. The van der Waals surface area contributed by atoms with E-state index in [9.17, 15) is 4.79 Å². The minimum absolute atomic E-state index is 0.278. The van der Waals surface area contributed by atoms with Gasteiger partial charge in [-0.25, -0.2) is 4.79 Å². The smallest absolute Gasteiger partial charge is 0.328 e. The summed E-state index contributed by atoms with van der Waals surface area (Å²) in [5.41, 5.74) is 1.06. The molecular formula is C18H14Cl2N4O3. The van der Waals surface area contributed by atoms with Crippen LogP contribution in [0.25, 0.3) is 6.08 Å². The highest BCUT2D eigenvalue weighted by atomic mass is 35.5. The van der Waals surface area contributed by atoms with Gasteiger partial charge < -0.3 is 9.84 Å². The van der Waals surface area contributed by atoms with E-state index in [1.165, 1.54) is 6.08 Å². The SMILES string of the molecule is CC1(c2cc(OCc3ccc(Cl)c(Cl)c3)ccc2/C=C/C(=O)O)N=NN=N1. The number of nitrogens with zero attached hydrogens (tertiary/aromatic N) is 4. The molecule has 0 bridgehead atoms. The van der Waals surface area contributed by atoms with Gasteiger partial charge in [0.25, 0.3) is 0 Å². The fourth-order valence-corrected chi connectivity index (χ4v) is 2.80. The summed E-state index contributed by atoms with van der Waals surface area (Å²) < 4.78 is 5.83. The molecule has 2 aromatic carbocycles. The lowest BCUT2D eigenvalue weighted by atomic mass is 9.96. The van der Waals surface area contributed by atoms with E-state index >= 15 is 0 Å². The van der Waals surface area contributed by atoms with E-state index in [-0.39, 0.29) is 6.61 Å². The number of rotatable bonds is 6. The third kappa shape index (κ3) is 4.50. The van der Waals surface area contributed by atoms with Crippen LogP contribution >= 0.6 is 23.2 Å². The molecule has 0 unspecified atom stereocenters. The van der Waals surface area contributed by atoms with Crippen molar-refractivity contribution < 1.29 is 14.6 Å². The lowest BCUT2D eigenvalue weighted by Crippen LogP contribution is -2.15. The van der Waals surface area contributed by atoms with Gasteiger partial charge in [-0.3, -0.25) is 0 Å². The largest absolute Gasteiger partial charge is 0.489 e. The number of benzene rings is 2. The van der Waals surface area contributed by atoms with Gasteiger partial charge in [-0.05, 0) is 58.8 Å². The highest BCUT2D eigenvalue weighted by Gasteiger charge is 2.32. The summed E-state index contributed by atoms with van der Waals surface area (Å²) in [7, 11) is 0. The first kappa shape index (κ1) is 19.0. The van der Waals surface area contributed by atoms with Gasteiger partial charge in [-0.15, -0.1) is 10.2 Å². The summed E-state index contributed by atoms with van der Waals surface area (Å²) in [6.45, 7) is 2.00. The molecule has 1 aliphatic heterocycles. The van der Waals surface area contributed by atoms with Crippen molar-refractivity contribution in [2.24, 2.45) is 20.7 Å². The zero-order valence-corrected chi connectivity index (χ0v) is 15.6. The summed E-state index contributed by atoms with van der Waals surface area (Å²) in [4.78, 5) is 10.8. The summed E-state index contributed by atoms with van der Waals surface area (Å²) >= 11 is 11.9. The Kier molecular flexibility index (Phi) is 5.53. The summed E-state index contributed by atoms with van der Waals surface area (Å²) in [6, 6.07) is 10.5. The van der Waals surface area contributed by atoms with Crippen LogP contribution in [-0.4, -0.2) is 11.1 Å². The molecule has 7 nitrogen and oxygen atoms in total. The number of carbonyl (C=O) groups is 1. The lowest BCUT2D eigenvalue weighted by Gasteiger charge is -2.18. The van der Waals surface area contributed by atoms with Gasteiger partial charge in [-0.2, -0.15) is 0 Å². The molecule has 0 aromatic heterocycles. The molecule has 0 atom stereocenters. The number of ether oxygens (including phenoxy) is 1. The van der Waals surface area contributed by atoms with Gasteiger partial charge in [-0.1, -0.05) is 35.3 Å². The quantitative estimate of drug-likeness (QED) is 0.627. The predicted molar refractivity (Wildman–Crippen MR) is 101 cm³/mol. The van der Waals surface area contributed by atoms with E-state index in [1.54, 1.807) is 37.3 Å². The molecule has 138 valence electrons. The normalized spacial score (nSPS) is 14.8. The molecule has 0 aliphatic carbocycles. The summed E-state index contributed by atoms with van der Waals surface area (Å²) in [5.74, 6) is -0.497. The van der Waals surface area contributed by atoms with Crippen molar-refractivity contribution in [3.05, 3.63) is 69.2 Å². The molecule has 2 aromatic rings. The Labute approximate surface area is 165 Å². The van der Waals surface area contributed by atoms with Gasteiger partial charge in [0.15, 0.2) is 0 Å². The second-order valence-corrected chi connectivity index (χ2v) is 6.67. The highest BCUT2D eigenvalue weighted by Crippen LogP contribution is 2.36. The fraction of sp³-hybridized carbons (Fsp3) is 0.167. The number of hydrogen-bond acceptors (Lipinski definition) is 6. The van der Waals surface area contributed by atoms with Gasteiger partial charge in [0.1, 0.15) is 12.4 Å². The molecule has 1 N–H and O–H groups in total. The van der Waals surface area contributed by atoms with E-state index in [4.69, 9.17) is 33.0 Å². The Balaban J connectivity index is 1.88. The summed E-state index contributed by atoms with van der Waals surface area (Å²) in [6.07, 6.45) is 2.51. The van der Waals surface area contributed by atoms with E-state index in [1.807, 2.05) is 6.07 Å². The second kappa shape index (κ2) is 7.85. The maximum atomic E-state index is 10.8. The first-order valence-electron chi connectivity index (χ1n) is 7.84. The van der Waals surface area contributed by atoms with Crippen molar-refractivity contribution in [2.75, 3.05) is 0 Å². The van der Waals surface area contributed by atoms with Crippen molar-refractivity contribution in [3.63, 3.8) is 0 Å². The van der Waals surface area contributed by atoms with Crippen LogP contribution in [0.15, 0.2) is 63.1 Å². The second-order valence-electron chi connectivity index (χ2n) is 5.86. The van der Waals surface area contributed by atoms with Gasteiger partial charge >= 0.3 is 5.97 Å². The van der Waals surface area contributed by atoms with Crippen LogP contribution in [0, 0.1) is 0 Å². The monoisotopic (exact) mass is 404 g/mol. The van der Waals surface area contributed by atoms with E-state index in [0.717, 1.165) is 11.6 Å². The molecule has 0 radical (unpaired) electrons. The van der Waals surface area contributed by atoms with Crippen molar-refractivity contribution in [1.29, 1.82) is 0 Å². The van der Waals surface area contributed by atoms with Crippen molar-refractivity contribution >= 4 is 35.2 Å². The molecule has 0 fully saturated rings. The zero-order valence-electron chi connectivity index (χ0n) is 14.1. The number of carboxylic acid groups (broad SMARTS) is 1. The van der Waals surface area contributed by atoms with E-state index < -0.39 is 11.6 Å². The Morgan fingerprint density at radius 2 is 1.89 bits per heavy atom. The average Bonchev–Trinajstić information content (AvgIpc) is 3.09. The van der Waals surface area contributed by atoms with Gasteiger partial charge in [0, 0.05) is 11.6 Å². The Morgan fingerprint density at radius 3 is 2.56 bits per heavy atom. The van der Waals surface area contributed by atoms with Crippen LogP contribution in [0.5, 0.6) is 5.75 Å². The molecule has 1 heterocycles. The molecule has 0 saturated carbocycles. The van der Waals surface area contributed by atoms with E-state index in [2.05, 4.69) is 20.7 Å². The van der Waals surface area contributed by atoms with Crippen molar-refractivity contribution in [2.45, 2.75) is 19.2 Å². The maximum Gasteiger partial charge on any atom is 0.328 e. The van der Waals surface area contributed by atoms with Crippen LogP contribution in [-0.2, 0) is 17.1 Å². The molecule has 0 spiro atoms. The molecule has 27 heavy (non-hydrogen) atoms. The first-order valence-corrected chi connectivity index (χ1v) is 8.59. The molecule has 0 saturated heterocycles. The minimum Gasteiger partial charge on any atom is -0.489 e. The lowest BCUT2D eigenvalue weighted by molar-refractivity contribution is -0.131. The number of aliphatic carboxylic acids is 1. The van der Waals surface area contributed by atoms with E-state index in [0.29, 0.717) is 26.9 Å². The zero-order chi connectivity index (χ0) is 19.4. The van der Waals surface area contributed by atoms with Crippen LogP contribution in [0.4, 0.5) is 0 Å². The number of carboxylic acids is 1. The molecule has 9 heteroatoms. The van der Waals surface area contributed by atoms with Crippen LogP contribution < -0.4 is 4.74 Å². The van der Waals surface area contributed by atoms with Gasteiger partial charge in [0.05, 0.1) is 10.0 Å². The number of halogens is 2. The summed E-state index contributed by atoms with van der Waals surface area (Å²) in [5, 5.41) is 25.0. The highest BCUT2D eigenvalue weighted by molar-refractivity contribution is 6.42. The molecule has 3 rings (SSSR count). The Bertz CT molecular complexity index is 961. The molecule has 1 aliphatic rings. The molecular weight excluding hydrogens is 391 g/mol. The van der Waals surface area contributed by atoms with Crippen molar-refractivity contribution in [1.82, 2.24) is 0 Å². The Morgan fingerprint density at radius 1 is 1.15 bits per heavy atom.